The summed E-state index contributed by atoms with van der Waals surface area (Å²) in [4.78, 5) is 16.5. The molecule has 0 spiro atoms. The minimum absolute atomic E-state index is 0.419. The van der Waals surface area contributed by atoms with Crippen LogP contribution < -0.4 is 16.0 Å². The number of amides is 1. The van der Waals surface area contributed by atoms with Crippen molar-refractivity contribution >= 4 is 12.1 Å². The molecule has 1 aromatic rings. The number of carbonyl (C=O) groups excluding carboxylic acids is 1. The maximum atomic E-state index is 11.9. The predicted molar refractivity (Wildman–Crippen MR) is 99.8 cm³/mol. The molecular formula is C18H32N4O3. The van der Waals surface area contributed by atoms with E-state index in [0.29, 0.717) is 19.0 Å². The first-order valence-electron chi connectivity index (χ1n) is 8.67. The van der Waals surface area contributed by atoms with Crippen LogP contribution >= 0.6 is 0 Å². The lowest BCUT2D eigenvalue weighted by Gasteiger charge is -2.27. The highest BCUT2D eigenvalue weighted by Crippen LogP contribution is 2.09. The largest absolute Gasteiger partial charge is 0.469 e. The lowest BCUT2D eigenvalue weighted by molar-refractivity contribution is 0.0476. The highest BCUT2D eigenvalue weighted by molar-refractivity contribution is 5.79. The Kier molecular flexibility index (Phi) is 7.80. The fourth-order valence-electron chi connectivity index (χ4n) is 2.00. The van der Waals surface area contributed by atoms with Crippen molar-refractivity contribution in [1.29, 1.82) is 0 Å². The molecule has 0 aliphatic rings. The van der Waals surface area contributed by atoms with Gasteiger partial charge in [-0.05, 0) is 53.7 Å². The SMILES string of the molecule is CCNC(=NCC(C)(C)NC(=O)OC(C)(C)C)NCCc1ccco1. The average Bonchev–Trinajstić information content (AvgIpc) is 2.95. The van der Waals surface area contributed by atoms with Crippen molar-refractivity contribution < 1.29 is 13.9 Å². The summed E-state index contributed by atoms with van der Waals surface area (Å²) in [6, 6.07) is 3.82. The molecule has 1 amide bonds. The molecule has 0 saturated carbocycles. The van der Waals surface area contributed by atoms with Crippen LogP contribution in [0, 0.1) is 0 Å². The monoisotopic (exact) mass is 352 g/mol. The van der Waals surface area contributed by atoms with Gasteiger partial charge < -0.3 is 25.1 Å². The Morgan fingerprint density at radius 1 is 1.24 bits per heavy atom. The Balaban J connectivity index is 2.51. The smallest absolute Gasteiger partial charge is 0.408 e. The number of furan rings is 1. The molecule has 7 heteroatoms. The zero-order valence-electron chi connectivity index (χ0n) is 16.2. The molecule has 0 radical (unpaired) electrons. The molecule has 0 atom stereocenters. The van der Waals surface area contributed by atoms with Crippen LogP contribution in [0.5, 0.6) is 0 Å². The maximum absolute atomic E-state index is 11.9. The van der Waals surface area contributed by atoms with E-state index in [4.69, 9.17) is 9.15 Å². The van der Waals surface area contributed by atoms with E-state index in [2.05, 4.69) is 20.9 Å². The third-order valence-corrected chi connectivity index (χ3v) is 3.06. The van der Waals surface area contributed by atoms with Crippen LogP contribution in [0.25, 0.3) is 0 Å². The van der Waals surface area contributed by atoms with E-state index in [9.17, 15) is 4.79 Å². The van der Waals surface area contributed by atoms with Crippen molar-refractivity contribution in [3.63, 3.8) is 0 Å². The number of alkyl carbamates (subject to hydrolysis) is 1. The Hall–Kier alpha value is -2.18. The van der Waals surface area contributed by atoms with E-state index in [1.807, 2.05) is 53.7 Å². The van der Waals surface area contributed by atoms with E-state index in [1.165, 1.54) is 0 Å². The molecule has 0 aliphatic carbocycles. The molecular weight excluding hydrogens is 320 g/mol. The molecule has 0 unspecified atom stereocenters. The molecule has 0 aliphatic heterocycles. The number of carbonyl (C=O) groups is 1. The van der Waals surface area contributed by atoms with Gasteiger partial charge in [0, 0.05) is 19.5 Å². The molecule has 3 N–H and O–H groups in total. The van der Waals surface area contributed by atoms with E-state index < -0.39 is 17.2 Å². The number of nitrogens with zero attached hydrogens (tertiary/aromatic N) is 1. The van der Waals surface area contributed by atoms with E-state index >= 15 is 0 Å². The van der Waals surface area contributed by atoms with Gasteiger partial charge in [-0.25, -0.2) is 4.79 Å². The molecule has 0 bridgehead atoms. The number of rotatable bonds is 7. The first-order chi connectivity index (χ1) is 11.6. The first kappa shape index (κ1) is 20.9. The van der Waals surface area contributed by atoms with Crippen molar-refractivity contribution in [2.45, 2.75) is 59.1 Å². The second-order valence-electron chi connectivity index (χ2n) is 7.46. The summed E-state index contributed by atoms with van der Waals surface area (Å²) in [5.74, 6) is 1.63. The molecule has 7 nitrogen and oxygen atoms in total. The van der Waals surface area contributed by atoms with E-state index in [1.54, 1.807) is 6.26 Å². The number of ether oxygens (including phenoxy) is 1. The van der Waals surface area contributed by atoms with Gasteiger partial charge in [-0.3, -0.25) is 4.99 Å². The minimum atomic E-state index is -0.522. The van der Waals surface area contributed by atoms with Crippen molar-refractivity contribution in [3.8, 4) is 0 Å². The fraction of sp³-hybridized carbons (Fsp3) is 0.667. The highest BCUT2D eigenvalue weighted by atomic mass is 16.6. The lowest BCUT2D eigenvalue weighted by Crippen LogP contribution is -2.49. The summed E-state index contributed by atoms with van der Waals surface area (Å²) in [6.45, 7) is 13.2. The first-order valence-corrected chi connectivity index (χ1v) is 8.67. The number of nitrogens with one attached hydrogen (secondary N) is 3. The van der Waals surface area contributed by atoms with Gasteiger partial charge in [-0.1, -0.05) is 0 Å². The highest BCUT2D eigenvalue weighted by Gasteiger charge is 2.24. The lowest BCUT2D eigenvalue weighted by atomic mass is 10.1. The number of hydrogen-bond acceptors (Lipinski definition) is 4. The van der Waals surface area contributed by atoms with Gasteiger partial charge in [0.25, 0.3) is 0 Å². The van der Waals surface area contributed by atoms with Gasteiger partial charge in [-0.15, -0.1) is 0 Å². The topological polar surface area (TPSA) is 87.9 Å². The summed E-state index contributed by atoms with van der Waals surface area (Å²) >= 11 is 0. The minimum Gasteiger partial charge on any atom is -0.469 e. The third-order valence-electron chi connectivity index (χ3n) is 3.06. The van der Waals surface area contributed by atoms with Crippen LogP contribution in [-0.2, 0) is 11.2 Å². The predicted octanol–water partition coefficient (Wildman–Crippen LogP) is 2.68. The van der Waals surface area contributed by atoms with Crippen LogP contribution in [0.1, 0.15) is 47.3 Å². The van der Waals surface area contributed by atoms with Gasteiger partial charge in [0.15, 0.2) is 5.96 Å². The van der Waals surface area contributed by atoms with Gasteiger partial charge in [0.05, 0.1) is 18.3 Å². The van der Waals surface area contributed by atoms with Crippen molar-refractivity contribution in [2.24, 2.45) is 4.99 Å². The second kappa shape index (κ2) is 9.34. The Morgan fingerprint density at radius 2 is 1.96 bits per heavy atom. The van der Waals surface area contributed by atoms with Gasteiger partial charge in [0.2, 0.25) is 0 Å². The molecule has 25 heavy (non-hydrogen) atoms. The Morgan fingerprint density at radius 3 is 2.52 bits per heavy atom. The van der Waals surface area contributed by atoms with E-state index in [0.717, 1.165) is 18.7 Å². The molecule has 0 fully saturated rings. The van der Waals surface area contributed by atoms with Crippen LogP contribution in [-0.4, -0.2) is 42.8 Å². The van der Waals surface area contributed by atoms with Crippen LogP contribution in [0.2, 0.25) is 0 Å². The normalized spacial score (nSPS) is 12.6. The zero-order valence-corrected chi connectivity index (χ0v) is 16.2. The van der Waals surface area contributed by atoms with E-state index in [-0.39, 0.29) is 0 Å². The quantitative estimate of drug-likeness (QED) is 0.519. The summed E-state index contributed by atoms with van der Waals surface area (Å²) < 4.78 is 10.6. The van der Waals surface area contributed by atoms with Gasteiger partial charge in [0.1, 0.15) is 11.4 Å². The zero-order chi connectivity index (χ0) is 18.9. The second-order valence-corrected chi connectivity index (χ2v) is 7.46. The summed E-state index contributed by atoms with van der Waals surface area (Å²) in [7, 11) is 0. The molecule has 0 aromatic carbocycles. The van der Waals surface area contributed by atoms with Gasteiger partial charge >= 0.3 is 6.09 Å². The fourth-order valence-corrected chi connectivity index (χ4v) is 2.00. The number of hydrogen-bond donors (Lipinski definition) is 3. The summed E-state index contributed by atoms with van der Waals surface area (Å²) in [5.41, 5.74) is -1.04. The van der Waals surface area contributed by atoms with Crippen molar-refractivity contribution in [3.05, 3.63) is 24.2 Å². The number of aliphatic imine (C=N–C) groups is 1. The standard InChI is InChI=1S/C18H32N4O3/c1-7-19-15(20-11-10-14-9-8-12-24-14)21-13-18(5,6)22-16(23)25-17(2,3)4/h8-9,12H,7,10-11,13H2,1-6H3,(H,22,23)(H2,19,20,21). The Labute approximate surface area is 150 Å². The summed E-state index contributed by atoms with van der Waals surface area (Å²) in [5, 5.41) is 9.30. The third kappa shape index (κ3) is 9.64. The van der Waals surface area contributed by atoms with Crippen molar-refractivity contribution in [2.75, 3.05) is 19.6 Å². The van der Waals surface area contributed by atoms with Gasteiger partial charge in [-0.2, -0.15) is 0 Å². The van der Waals surface area contributed by atoms with Crippen LogP contribution in [0.4, 0.5) is 4.79 Å². The summed E-state index contributed by atoms with van der Waals surface area (Å²) in [6.07, 6.45) is 2.00. The van der Waals surface area contributed by atoms with Crippen LogP contribution in [0.3, 0.4) is 0 Å². The Bertz CT molecular complexity index is 545. The van der Waals surface area contributed by atoms with Crippen molar-refractivity contribution in [1.82, 2.24) is 16.0 Å². The van der Waals surface area contributed by atoms with Crippen LogP contribution in [0.15, 0.2) is 27.8 Å². The maximum Gasteiger partial charge on any atom is 0.408 e. The molecule has 1 rings (SSSR count). The molecule has 1 heterocycles. The molecule has 0 saturated heterocycles. The molecule has 1 aromatic heterocycles. The molecule has 142 valence electrons. The average molecular weight is 352 g/mol. The number of guanidine groups is 1.